The molecule has 7 heteroatoms. The number of esters is 2. The van der Waals surface area contributed by atoms with E-state index in [4.69, 9.17) is 14.2 Å². The topological polar surface area (TPSA) is 82.1 Å². The van der Waals surface area contributed by atoms with Gasteiger partial charge < -0.3 is 19.1 Å². The summed E-state index contributed by atoms with van der Waals surface area (Å²) in [6.07, 6.45) is 1.33. The fourth-order valence-corrected chi connectivity index (χ4v) is 2.42. The van der Waals surface area contributed by atoms with Crippen molar-refractivity contribution in [3.8, 4) is 0 Å². The van der Waals surface area contributed by atoms with Gasteiger partial charge in [0.25, 0.3) is 5.91 Å². The Morgan fingerprint density at radius 1 is 1.12 bits per heavy atom. The van der Waals surface area contributed by atoms with Crippen LogP contribution in [0.4, 0.5) is 0 Å². The minimum Gasteiger partial charge on any atom is -0.469 e. The number of amides is 1. The molecule has 1 rings (SSSR count). The third kappa shape index (κ3) is 6.86. The molecular formula is C17H29NO6. The van der Waals surface area contributed by atoms with E-state index in [1.807, 2.05) is 0 Å². The highest BCUT2D eigenvalue weighted by molar-refractivity contribution is 5.82. The Labute approximate surface area is 143 Å². The van der Waals surface area contributed by atoms with E-state index in [9.17, 15) is 14.4 Å². The second kappa shape index (κ2) is 10.3. The van der Waals surface area contributed by atoms with Gasteiger partial charge in [0.1, 0.15) is 0 Å². The third-order valence-electron chi connectivity index (χ3n) is 4.12. The first kappa shape index (κ1) is 20.4. The molecule has 1 unspecified atom stereocenters. The summed E-state index contributed by atoms with van der Waals surface area (Å²) in [4.78, 5) is 36.9. The maximum Gasteiger partial charge on any atom is 0.335 e. The van der Waals surface area contributed by atoms with Crippen LogP contribution in [0.5, 0.6) is 0 Å². The zero-order valence-electron chi connectivity index (χ0n) is 15.1. The van der Waals surface area contributed by atoms with Crippen molar-refractivity contribution in [2.24, 2.45) is 11.8 Å². The fraction of sp³-hybridized carbons (Fsp3) is 0.824. The lowest BCUT2D eigenvalue weighted by Gasteiger charge is -2.30. The summed E-state index contributed by atoms with van der Waals surface area (Å²) in [7, 11) is 1.36. The van der Waals surface area contributed by atoms with E-state index in [0.29, 0.717) is 38.5 Å². The van der Waals surface area contributed by atoms with E-state index in [-0.39, 0.29) is 24.4 Å². The monoisotopic (exact) mass is 343 g/mol. The quantitative estimate of drug-likeness (QED) is 0.620. The normalized spacial score (nSPS) is 16.8. The number of methoxy groups -OCH3 is 1. The number of hydrogen-bond acceptors (Lipinski definition) is 6. The van der Waals surface area contributed by atoms with Crippen molar-refractivity contribution in [2.75, 3.05) is 33.4 Å². The van der Waals surface area contributed by atoms with Crippen LogP contribution in [0.25, 0.3) is 0 Å². The summed E-state index contributed by atoms with van der Waals surface area (Å²) in [5, 5.41) is 0. The van der Waals surface area contributed by atoms with Crippen molar-refractivity contribution in [1.29, 1.82) is 0 Å². The first-order valence-electron chi connectivity index (χ1n) is 8.49. The molecule has 0 aliphatic carbocycles. The molecule has 138 valence electrons. The molecule has 0 aromatic rings. The number of nitrogens with zero attached hydrogens (tertiary/aromatic N) is 1. The van der Waals surface area contributed by atoms with Crippen molar-refractivity contribution in [3.63, 3.8) is 0 Å². The number of carbonyl (C=O) groups excluding carboxylic acids is 3. The molecule has 24 heavy (non-hydrogen) atoms. The Morgan fingerprint density at radius 2 is 1.75 bits per heavy atom. The molecule has 1 aliphatic rings. The summed E-state index contributed by atoms with van der Waals surface area (Å²) in [6.45, 7) is 6.91. The van der Waals surface area contributed by atoms with Crippen LogP contribution in [-0.2, 0) is 28.6 Å². The van der Waals surface area contributed by atoms with Gasteiger partial charge in [-0.25, -0.2) is 4.79 Å². The molecule has 0 N–H and O–H groups in total. The van der Waals surface area contributed by atoms with Gasteiger partial charge in [-0.1, -0.05) is 13.8 Å². The molecule has 0 bridgehead atoms. The number of ether oxygens (including phenoxy) is 3. The smallest absolute Gasteiger partial charge is 0.335 e. The Bertz CT molecular complexity index is 429. The molecule has 1 heterocycles. The number of piperidine rings is 1. The fourth-order valence-electron chi connectivity index (χ4n) is 2.42. The van der Waals surface area contributed by atoms with Crippen LogP contribution in [-0.4, -0.2) is 62.3 Å². The van der Waals surface area contributed by atoms with Gasteiger partial charge >= 0.3 is 11.9 Å². The first-order valence-corrected chi connectivity index (χ1v) is 8.49. The van der Waals surface area contributed by atoms with Gasteiger partial charge in [-0.2, -0.15) is 0 Å². The van der Waals surface area contributed by atoms with Crippen LogP contribution in [0.1, 0.15) is 40.0 Å². The molecule has 0 saturated carbocycles. The van der Waals surface area contributed by atoms with Gasteiger partial charge in [0.15, 0.2) is 12.7 Å². The summed E-state index contributed by atoms with van der Waals surface area (Å²) < 4.78 is 15.1. The molecule has 7 nitrogen and oxygen atoms in total. The zero-order valence-corrected chi connectivity index (χ0v) is 15.1. The summed E-state index contributed by atoms with van der Waals surface area (Å²) in [5.74, 6) is -0.669. The summed E-state index contributed by atoms with van der Waals surface area (Å²) in [6, 6.07) is 0. The lowest BCUT2D eigenvalue weighted by Crippen LogP contribution is -2.42. The van der Waals surface area contributed by atoms with Gasteiger partial charge in [0.05, 0.1) is 13.0 Å². The van der Waals surface area contributed by atoms with Gasteiger partial charge in [-0.15, -0.1) is 0 Å². The molecule has 1 saturated heterocycles. The third-order valence-corrected chi connectivity index (χ3v) is 4.12. The predicted octanol–water partition coefficient (Wildman–Crippen LogP) is 1.39. The van der Waals surface area contributed by atoms with Crippen molar-refractivity contribution in [3.05, 3.63) is 0 Å². The van der Waals surface area contributed by atoms with Crippen LogP contribution in [0.2, 0.25) is 0 Å². The van der Waals surface area contributed by atoms with E-state index in [0.717, 1.165) is 6.42 Å². The highest BCUT2D eigenvalue weighted by Gasteiger charge is 2.28. The van der Waals surface area contributed by atoms with Crippen molar-refractivity contribution >= 4 is 17.8 Å². The largest absolute Gasteiger partial charge is 0.469 e. The Balaban J connectivity index is 2.26. The number of hydrogen-bond donors (Lipinski definition) is 0. The zero-order chi connectivity index (χ0) is 18.1. The molecule has 0 aromatic carbocycles. The first-order chi connectivity index (χ1) is 11.3. The molecule has 0 aromatic heterocycles. The van der Waals surface area contributed by atoms with E-state index in [2.05, 4.69) is 13.8 Å². The maximum atomic E-state index is 12.1. The minimum atomic E-state index is -0.679. The minimum absolute atomic E-state index is 0.157. The van der Waals surface area contributed by atoms with Crippen LogP contribution in [0.15, 0.2) is 0 Å². The van der Waals surface area contributed by atoms with Crippen molar-refractivity contribution in [1.82, 2.24) is 4.90 Å². The van der Waals surface area contributed by atoms with Gasteiger partial charge in [-0.3, -0.25) is 9.59 Å². The summed E-state index contributed by atoms with van der Waals surface area (Å²) >= 11 is 0. The predicted molar refractivity (Wildman–Crippen MR) is 87.1 cm³/mol. The lowest BCUT2D eigenvalue weighted by molar-refractivity contribution is -0.162. The average Bonchev–Trinajstić information content (AvgIpc) is 2.58. The van der Waals surface area contributed by atoms with Crippen molar-refractivity contribution in [2.45, 2.75) is 46.1 Å². The Kier molecular flexibility index (Phi) is 8.74. The Morgan fingerprint density at radius 3 is 2.29 bits per heavy atom. The molecule has 0 spiro atoms. The second-order valence-corrected chi connectivity index (χ2v) is 6.48. The molecular weight excluding hydrogens is 314 g/mol. The number of carbonyl (C=O) groups is 3. The highest BCUT2D eigenvalue weighted by atomic mass is 16.6. The van der Waals surface area contributed by atoms with E-state index >= 15 is 0 Å². The molecule has 1 fully saturated rings. The van der Waals surface area contributed by atoms with Crippen LogP contribution < -0.4 is 0 Å². The molecule has 1 atom stereocenters. The Hall–Kier alpha value is -1.63. The lowest BCUT2D eigenvalue weighted by atomic mass is 9.97. The van der Waals surface area contributed by atoms with Crippen LogP contribution in [0, 0.1) is 11.8 Å². The average molecular weight is 343 g/mol. The van der Waals surface area contributed by atoms with Crippen LogP contribution >= 0.6 is 0 Å². The molecule has 1 aliphatic heterocycles. The maximum absolute atomic E-state index is 12.1. The van der Waals surface area contributed by atoms with Gasteiger partial charge in [0, 0.05) is 19.7 Å². The van der Waals surface area contributed by atoms with Gasteiger partial charge in [-0.05, 0) is 32.1 Å². The van der Waals surface area contributed by atoms with Crippen molar-refractivity contribution < 1.29 is 28.6 Å². The molecule has 0 radical (unpaired) electrons. The summed E-state index contributed by atoms with van der Waals surface area (Å²) in [5.41, 5.74) is 0. The van der Waals surface area contributed by atoms with Crippen LogP contribution in [0.3, 0.4) is 0 Å². The van der Waals surface area contributed by atoms with E-state index < -0.39 is 12.1 Å². The van der Waals surface area contributed by atoms with E-state index in [1.54, 1.807) is 11.8 Å². The van der Waals surface area contributed by atoms with Gasteiger partial charge in [0.2, 0.25) is 0 Å². The molecule has 1 amide bonds. The second-order valence-electron chi connectivity index (χ2n) is 6.48. The van der Waals surface area contributed by atoms with E-state index in [1.165, 1.54) is 7.11 Å². The SMILES string of the molecule is COC(=O)C1CCN(C(=O)COC(=O)C(C)OCCC(C)C)CC1. The standard InChI is InChI=1S/C17H29NO6/c1-12(2)7-10-23-13(3)16(20)24-11-15(19)18-8-5-14(6-9-18)17(21)22-4/h12-14H,5-11H2,1-4H3. The highest BCUT2D eigenvalue weighted by Crippen LogP contribution is 2.18. The number of likely N-dealkylation sites (tertiary alicyclic amines) is 1. The number of rotatable bonds is 8.